The number of methoxy groups -OCH3 is 1. The number of sulfone groups is 1. The largest absolute Gasteiger partial charge is 0.492 e. The first-order valence-electron chi connectivity index (χ1n) is 5.39. The van der Waals surface area contributed by atoms with Gasteiger partial charge in [-0.05, 0) is 15.9 Å². The van der Waals surface area contributed by atoms with Gasteiger partial charge in [-0.25, -0.2) is 13.4 Å². The molecule has 8 heteroatoms. The minimum Gasteiger partial charge on any atom is -0.492 e. The number of pyridine rings is 1. The third-order valence-electron chi connectivity index (χ3n) is 2.58. The van der Waals surface area contributed by atoms with Crippen molar-refractivity contribution in [3.05, 3.63) is 28.4 Å². The van der Waals surface area contributed by atoms with Gasteiger partial charge in [-0.15, -0.1) is 0 Å². The number of aromatic nitrogens is 2. The molecule has 2 heterocycles. The average Bonchev–Trinajstić information content (AvgIpc) is 2.69. The topological polar surface area (TPSA) is 60.7 Å². The van der Waals surface area contributed by atoms with Gasteiger partial charge >= 0.3 is 0 Å². The average molecular weight is 351 g/mol. The van der Waals surface area contributed by atoms with Gasteiger partial charge in [0.2, 0.25) is 5.82 Å². The van der Waals surface area contributed by atoms with Crippen molar-refractivity contribution in [2.45, 2.75) is 6.42 Å². The van der Waals surface area contributed by atoms with E-state index < -0.39 is 15.7 Å². The second kappa shape index (κ2) is 5.09. The van der Waals surface area contributed by atoms with Crippen LogP contribution >= 0.6 is 15.9 Å². The monoisotopic (exact) mass is 350 g/mol. The van der Waals surface area contributed by atoms with Crippen molar-refractivity contribution in [1.82, 2.24) is 9.38 Å². The fourth-order valence-corrected chi connectivity index (χ4v) is 2.83. The lowest BCUT2D eigenvalue weighted by Gasteiger charge is -2.05. The Morgan fingerprint density at radius 3 is 2.74 bits per heavy atom. The molecule has 0 atom stereocenters. The van der Waals surface area contributed by atoms with Gasteiger partial charge in [-0.1, -0.05) is 0 Å². The molecule has 0 aliphatic carbocycles. The van der Waals surface area contributed by atoms with E-state index in [0.717, 1.165) is 6.26 Å². The number of hydrogen-bond donors (Lipinski definition) is 0. The Balaban J connectivity index is 2.43. The summed E-state index contributed by atoms with van der Waals surface area (Å²) >= 11 is 3.20. The first-order chi connectivity index (χ1) is 8.81. The van der Waals surface area contributed by atoms with E-state index in [1.807, 2.05) is 0 Å². The summed E-state index contributed by atoms with van der Waals surface area (Å²) in [6, 6.07) is 0. The molecule has 19 heavy (non-hydrogen) atoms. The second-order valence-corrected chi connectivity index (χ2v) is 7.28. The van der Waals surface area contributed by atoms with E-state index in [0.29, 0.717) is 10.2 Å². The van der Waals surface area contributed by atoms with Crippen molar-refractivity contribution >= 4 is 31.4 Å². The first-order valence-corrected chi connectivity index (χ1v) is 8.24. The van der Waals surface area contributed by atoms with Crippen LogP contribution < -0.4 is 4.74 Å². The van der Waals surface area contributed by atoms with Crippen LogP contribution in [0.4, 0.5) is 4.39 Å². The number of fused-ring (bicyclic) bond motifs is 1. The van der Waals surface area contributed by atoms with Crippen molar-refractivity contribution in [2.75, 3.05) is 19.1 Å². The second-order valence-electron chi connectivity index (χ2n) is 4.17. The molecule has 0 bridgehead atoms. The van der Waals surface area contributed by atoms with Crippen molar-refractivity contribution in [3.8, 4) is 5.75 Å². The molecule has 0 saturated heterocycles. The fourth-order valence-electron chi connectivity index (χ4n) is 1.69. The van der Waals surface area contributed by atoms with Crippen LogP contribution in [0.5, 0.6) is 5.75 Å². The fraction of sp³-hybridized carbons (Fsp3) is 0.364. The summed E-state index contributed by atoms with van der Waals surface area (Å²) in [5.41, 5.74) is 0.632. The summed E-state index contributed by atoms with van der Waals surface area (Å²) < 4.78 is 43.2. The van der Waals surface area contributed by atoms with Gasteiger partial charge in [0.25, 0.3) is 0 Å². The number of ether oxygens (including phenoxy) is 1. The van der Waals surface area contributed by atoms with Crippen molar-refractivity contribution < 1.29 is 17.5 Å². The highest BCUT2D eigenvalue weighted by molar-refractivity contribution is 9.10. The standard InChI is InChI=1S/C11H12BrFN2O3S/c1-18-10-8(12)6-15-5-7(3-4-19(2,16)17)14-11(15)9(10)13/h5-6H,3-4H2,1-2H3. The van der Waals surface area contributed by atoms with Crippen LogP contribution in [0.15, 0.2) is 16.9 Å². The zero-order chi connectivity index (χ0) is 14.2. The predicted octanol–water partition coefficient (Wildman–Crippen LogP) is 1.83. The van der Waals surface area contributed by atoms with Gasteiger partial charge < -0.3 is 9.14 Å². The Bertz CT molecular complexity index is 727. The Morgan fingerprint density at radius 1 is 1.47 bits per heavy atom. The van der Waals surface area contributed by atoms with E-state index >= 15 is 0 Å². The van der Waals surface area contributed by atoms with Crippen molar-refractivity contribution in [2.24, 2.45) is 0 Å². The van der Waals surface area contributed by atoms with Crippen LogP contribution in [-0.4, -0.2) is 36.9 Å². The zero-order valence-electron chi connectivity index (χ0n) is 10.4. The Morgan fingerprint density at radius 2 is 2.16 bits per heavy atom. The molecule has 0 aromatic carbocycles. The maximum Gasteiger partial charge on any atom is 0.209 e. The minimum absolute atomic E-state index is 0.0171. The van der Waals surface area contributed by atoms with E-state index in [9.17, 15) is 12.8 Å². The van der Waals surface area contributed by atoms with Gasteiger partial charge in [0, 0.05) is 25.1 Å². The maximum absolute atomic E-state index is 14.1. The highest BCUT2D eigenvalue weighted by atomic mass is 79.9. The van der Waals surface area contributed by atoms with E-state index in [-0.39, 0.29) is 23.6 Å². The van der Waals surface area contributed by atoms with Crippen LogP contribution in [0, 0.1) is 5.82 Å². The molecule has 0 aliphatic heterocycles. The number of nitrogens with zero attached hydrogens (tertiary/aromatic N) is 2. The lowest BCUT2D eigenvalue weighted by Crippen LogP contribution is -2.05. The van der Waals surface area contributed by atoms with Gasteiger partial charge in [0.05, 0.1) is 23.0 Å². The summed E-state index contributed by atoms with van der Waals surface area (Å²) in [5, 5.41) is 0. The van der Waals surface area contributed by atoms with Crippen LogP contribution in [-0.2, 0) is 16.3 Å². The zero-order valence-corrected chi connectivity index (χ0v) is 12.8. The van der Waals surface area contributed by atoms with E-state index in [1.165, 1.54) is 11.5 Å². The van der Waals surface area contributed by atoms with Crippen LogP contribution in [0.25, 0.3) is 5.65 Å². The van der Waals surface area contributed by atoms with Crippen LogP contribution in [0.1, 0.15) is 5.69 Å². The van der Waals surface area contributed by atoms with Crippen molar-refractivity contribution in [3.63, 3.8) is 0 Å². The molecule has 2 aromatic heterocycles. The Hall–Kier alpha value is -1.15. The van der Waals surface area contributed by atoms with Gasteiger partial charge in [-0.3, -0.25) is 0 Å². The summed E-state index contributed by atoms with van der Waals surface area (Å²) in [5.74, 6) is -0.521. The number of aryl methyl sites for hydroxylation is 1. The number of hydrogen-bond acceptors (Lipinski definition) is 4. The normalized spacial score (nSPS) is 12.0. The molecule has 2 rings (SSSR count). The highest BCUT2D eigenvalue weighted by Gasteiger charge is 2.16. The molecule has 5 nitrogen and oxygen atoms in total. The first kappa shape index (κ1) is 14.3. The lowest BCUT2D eigenvalue weighted by atomic mass is 10.4. The summed E-state index contributed by atoms with van der Waals surface area (Å²) in [6.07, 6.45) is 4.63. The molecule has 0 aliphatic rings. The third-order valence-corrected chi connectivity index (χ3v) is 4.09. The SMILES string of the molecule is COc1c(Br)cn2cc(CCS(C)(=O)=O)nc2c1F. The molecule has 0 amide bonds. The number of halogens is 2. The van der Waals surface area contributed by atoms with Gasteiger partial charge in [-0.2, -0.15) is 4.39 Å². The van der Waals surface area contributed by atoms with Crippen LogP contribution in [0.3, 0.4) is 0 Å². The van der Waals surface area contributed by atoms with Crippen LogP contribution in [0.2, 0.25) is 0 Å². The molecule has 0 N–H and O–H groups in total. The molecular formula is C11H12BrFN2O3S. The molecule has 0 radical (unpaired) electrons. The Kier molecular flexibility index (Phi) is 3.82. The van der Waals surface area contributed by atoms with E-state index in [4.69, 9.17) is 4.74 Å². The number of rotatable bonds is 4. The van der Waals surface area contributed by atoms with E-state index in [2.05, 4.69) is 20.9 Å². The van der Waals surface area contributed by atoms with E-state index in [1.54, 1.807) is 12.4 Å². The molecule has 2 aromatic rings. The quantitative estimate of drug-likeness (QED) is 0.843. The Labute approximate surface area is 118 Å². The number of imidazole rings is 1. The molecule has 0 spiro atoms. The summed E-state index contributed by atoms with van der Waals surface area (Å²) in [4.78, 5) is 4.09. The van der Waals surface area contributed by atoms with Gasteiger partial charge in [0.1, 0.15) is 9.84 Å². The predicted molar refractivity (Wildman–Crippen MR) is 72.8 cm³/mol. The molecular weight excluding hydrogens is 339 g/mol. The molecule has 104 valence electrons. The van der Waals surface area contributed by atoms with Crippen molar-refractivity contribution in [1.29, 1.82) is 0 Å². The molecule has 0 unspecified atom stereocenters. The molecule has 0 saturated carbocycles. The lowest BCUT2D eigenvalue weighted by molar-refractivity contribution is 0.384. The minimum atomic E-state index is -3.07. The summed E-state index contributed by atoms with van der Waals surface area (Å²) in [7, 11) is -1.70. The summed E-state index contributed by atoms with van der Waals surface area (Å²) in [6.45, 7) is 0. The maximum atomic E-state index is 14.1. The smallest absolute Gasteiger partial charge is 0.209 e. The third kappa shape index (κ3) is 3.06. The van der Waals surface area contributed by atoms with Gasteiger partial charge in [0.15, 0.2) is 11.4 Å². The molecule has 0 fully saturated rings. The highest BCUT2D eigenvalue weighted by Crippen LogP contribution is 2.30.